The van der Waals surface area contributed by atoms with Crippen molar-refractivity contribution < 1.29 is 4.74 Å². The molecule has 4 heteroatoms. The summed E-state index contributed by atoms with van der Waals surface area (Å²) in [6, 6.07) is 19.6. The fraction of sp³-hybridized carbons (Fsp3) is 0.105. The van der Waals surface area contributed by atoms with Gasteiger partial charge in [-0.2, -0.15) is 0 Å². The smallest absolute Gasteiger partial charge is 0.119 e. The van der Waals surface area contributed by atoms with Crippen molar-refractivity contribution in [2.75, 3.05) is 7.11 Å². The number of para-hydroxylation sites is 1. The summed E-state index contributed by atoms with van der Waals surface area (Å²) < 4.78 is 7.35. The molecule has 1 aromatic heterocycles. The third-order valence-corrected chi connectivity index (χ3v) is 3.94. The molecule has 23 heavy (non-hydrogen) atoms. The lowest BCUT2D eigenvalue weighted by molar-refractivity contribution is 0.414. The molecule has 0 bridgehead atoms. The number of halogens is 1. The Morgan fingerprint density at radius 2 is 1.74 bits per heavy atom. The van der Waals surface area contributed by atoms with Gasteiger partial charge in [-0.25, -0.2) is 0 Å². The number of aromatic nitrogens is 1. The van der Waals surface area contributed by atoms with Crippen LogP contribution in [0.5, 0.6) is 5.75 Å². The highest BCUT2D eigenvalue weighted by Gasteiger charge is 2.06. The van der Waals surface area contributed by atoms with E-state index >= 15 is 0 Å². The quantitative estimate of drug-likeness (QED) is 0.606. The van der Waals surface area contributed by atoms with Gasteiger partial charge in [0.2, 0.25) is 0 Å². The maximum absolute atomic E-state index is 6.15. The largest absolute Gasteiger partial charge is 0.497 e. The summed E-state index contributed by atoms with van der Waals surface area (Å²) in [7, 11) is 1.66. The van der Waals surface area contributed by atoms with Gasteiger partial charge in [0.05, 0.1) is 29.7 Å². The van der Waals surface area contributed by atoms with E-state index < -0.39 is 0 Å². The van der Waals surface area contributed by atoms with E-state index in [1.54, 1.807) is 7.11 Å². The number of methoxy groups -OCH3 is 1. The Hall–Kier alpha value is -2.52. The molecule has 0 saturated carbocycles. The van der Waals surface area contributed by atoms with Crippen molar-refractivity contribution >= 4 is 23.5 Å². The second kappa shape index (κ2) is 6.71. The molecule has 0 aliphatic carbocycles. The number of aryl methyl sites for hydroxylation is 1. The number of nitrogens with zero attached hydrogens (tertiary/aromatic N) is 2. The summed E-state index contributed by atoms with van der Waals surface area (Å²) >= 11 is 6.15. The van der Waals surface area contributed by atoms with Gasteiger partial charge in [0.15, 0.2) is 0 Å². The molecule has 0 saturated heterocycles. The van der Waals surface area contributed by atoms with Crippen LogP contribution in [0.1, 0.15) is 11.4 Å². The maximum atomic E-state index is 6.15. The molecule has 2 aromatic carbocycles. The first-order chi connectivity index (χ1) is 11.2. The van der Waals surface area contributed by atoms with Crippen LogP contribution in [0.2, 0.25) is 5.02 Å². The van der Waals surface area contributed by atoms with Crippen LogP contribution in [0, 0.1) is 6.92 Å². The van der Waals surface area contributed by atoms with Crippen LogP contribution in [-0.2, 0) is 0 Å². The molecular formula is C19H17ClN2O. The normalized spacial score (nSPS) is 11.1. The molecular weight excluding hydrogens is 308 g/mol. The Bertz CT molecular complexity index is 835. The van der Waals surface area contributed by atoms with Gasteiger partial charge in [0.25, 0.3) is 0 Å². The molecule has 1 heterocycles. The van der Waals surface area contributed by atoms with Crippen LogP contribution in [0.3, 0.4) is 0 Å². The molecule has 0 atom stereocenters. The molecule has 0 unspecified atom stereocenters. The summed E-state index contributed by atoms with van der Waals surface area (Å²) in [5, 5.41) is 0.642. The highest BCUT2D eigenvalue weighted by Crippen LogP contribution is 2.24. The van der Waals surface area contributed by atoms with Gasteiger partial charge in [0, 0.05) is 11.4 Å². The SMILES string of the molecule is COc1ccc(-n2c(C)ccc2C=Nc2ccccc2Cl)cc1. The molecule has 0 N–H and O–H groups in total. The van der Waals surface area contributed by atoms with Crippen LogP contribution in [0.15, 0.2) is 65.7 Å². The minimum Gasteiger partial charge on any atom is -0.497 e. The monoisotopic (exact) mass is 324 g/mol. The number of ether oxygens (including phenoxy) is 1. The zero-order chi connectivity index (χ0) is 16.2. The van der Waals surface area contributed by atoms with Crippen molar-refractivity contribution in [3.63, 3.8) is 0 Å². The van der Waals surface area contributed by atoms with Crippen molar-refractivity contribution in [1.29, 1.82) is 0 Å². The number of hydrogen-bond donors (Lipinski definition) is 0. The lowest BCUT2D eigenvalue weighted by Crippen LogP contribution is -2.01. The van der Waals surface area contributed by atoms with E-state index in [-0.39, 0.29) is 0 Å². The van der Waals surface area contributed by atoms with Crippen LogP contribution >= 0.6 is 11.6 Å². The standard InChI is InChI=1S/C19H17ClN2O/c1-14-7-8-16(13-21-19-6-4-3-5-18(19)20)22(14)15-9-11-17(23-2)12-10-15/h3-13H,1-2H3. The van der Waals surface area contributed by atoms with Gasteiger partial charge in [-0.3, -0.25) is 4.99 Å². The second-order valence-electron chi connectivity index (χ2n) is 5.14. The Morgan fingerprint density at radius 1 is 1.00 bits per heavy atom. The van der Waals surface area contributed by atoms with Crippen molar-refractivity contribution in [2.24, 2.45) is 4.99 Å². The summed E-state index contributed by atoms with van der Waals surface area (Å²) in [5.74, 6) is 0.838. The minimum atomic E-state index is 0.642. The van der Waals surface area contributed by atoms with E-state index in [9.17, 15) is 0 Å². The fourth-order valence-electron chi connectivity index (χ4n) is 2.44. The Labute approximate surface area is 140 Å². The van der Waals surface area contributed by atoms with E-state index in [1.807, 2.05) is 60.8 Å². The van der Waals surface area contributed by atoms with Crippen molar-refractivity contribution in [2.45, 2.75) is 6.92 Å². The van der Waals surface area contributed by atoms with Crippen molar-refractivity contribution in [1.82, 2.24) is 4.57 Å². The molecule has 0 spiro atoms. The summed E-state index contributed by atoms with van der Waals surface area (Å²) in [6.45, 7) is 2.07. The highest BCUT2D eigenvalue weighted by atomic mass is 35.5. The number of hydrogen-bond acceptors (Lipinski definition) is 2. The molecule has 0 aliphatic heterocycles. The average Bonchev–Trinajstić information content (AvgIpc) is 2.95. The Morgan fingerprint density at radius 3 is 2.43 bits per heavy atom. The maximum Gasteiger partial charge on any atom is 0.119 e. The third kappa shape index (κ3) is 3.30. The Kier molecular flexibility index (Phi) is 4.49. The van der Waals surface area contributed by atoms with E-state index in [4.69, 9.17) is 16.3 Å². The average molecular weight is 325 g/mol. The van der Waals surface area contributed by atoms with Gasteiger partial charge in [-0.1, -0.05) is 23.7 Å². The first kappa shape index (κ1) is 15.4. The number of rotatable bonds is 4. The van der Waals surface area contributed by atoms with Crippen LogP contribution in [-0.4, -0.2) is 17.9 Å². The van der Waals surface area contributed by atoms with Crippen LogP contribution in [0.4, 0.5) is 5.69 Å². The first-order valence-electron chi connectivity index (χ1n) is 7.30. The molecule has 0 aliphatic rings. The van der Waals surface area contributed by atoms with Gasteiger partial charge in [-0.15, -0.1) is 0 Å². The molecule has 0 amide bonds. The lowest BCUT2D eigenvalue weighted by Gasteiger charge is -2.10. The van der Waals surface area contributed by atoms with Crippen molar-refractivity contribution in [3.05, 3.63) is 77.1 Å². The van der Waals surface area contributed by atoms with Crippen LogP contribution < -0.4 is 4.74 Å². The fourth-order valence-corrected chi connectivity index (χ4v) is 2.62. The van der Waals surface area contributed by atoms with Gasteiger partial charge in [0.1, 0.15) is 5.75 Å². The van der Waals surface area contributed by atoms with E-state index in [0.717, 1.165) is 28.5 Å². The van der Waals surface area contributed by atoms with Gasteiger partial charge >= 0.3 is 0 Å². The summed E-state index contributed by atoms with van der Waals surface area (Å²) in [6.07, 6.45) is 1.83. The topological polar surface area (TPSA) is 26.5 Å². The molecule has 0 fully saturated rings. The van der Waals surface area contributed by atoms with E-state index in [2.05, 4.69) is 22.5 Å². The van der Waals surface area contributed by atoms with Gasteiger partial charge in [-0.05, 0) is 55.5 Å². The summed E-state index contributed by atoms with van der Waals surface area (Å²) in [5.41, 5.74) is 3.95. The van der Waals surface area contributed by atoms with E-state index in [1.165, 1.54) is 0 Å². The molecule has 116 valence electrons. The van der Waals surface area contributed by atoms with E-state index in [0.29, 0.717) is 5.02 Å². The molecule has 3 rings (SSSR count). The highest BCUT2D eigenvalue weighted by molar-refractivity contribution is 6.33. The zero-order valence-corrected chi connectivity index (χ0v) is 13.8. The predicted octanol–water partition coefficient (Wildman–Crippen LogP) is 5.20. The second-order valence-corrected chi connectivity index (χ2v) is 5.55. The first-order valence-corrected chi connectivity index (χ1v) is 7.68. The molecule has 3 aromatic rings. The minimum absolute atomic E-state index is 0.642. The van der Waals surface area contributed by atoms with Crippen LogP contribution in [0.25, 0.3) is 5.69 Å². The number of aliphatic imine (C=N–C) groups is 1. The number of benzene rings is 2. The molecule has 0 radical (unpaired) electrons. The summed E-state index contributed by atoms with van der Waals surface area (Å²) in [4.78, 5) is 4.51. The lowest BCUT2D eigenvalue weighted by atomic mass is 10.3. The van der Waals surface area contributed by atoms with Gasteiger partial charge < -0.3 is 9.30 Å². The Balaban J connectivity index is 1.97. The third-order valence-electron chi connectivity index (χ3n) is 3.63. The molecule has 3 nitrogen and oxygen atoms in total. The zero-order valence-electron chi connectivity index (χ0n) is 13.0. The van der Waals surface area contributed by atoms with Crippen molar-refractivity contribution in [3.8, 4) is 11.4 Å². The predicted molar refractivity (Wildman–Crippen MR) is 95.8 cm³/mol.